The average molecular weight is 244 g/mol. The molecule has 3 heteroatoms. The number of nitrogens with zero attached hydrogens (tertiary/aromatic N) is 2. The van der Waals surface area contributed by atoms with E-state index >= 15 is 0 Å². The Morgan fingerprint density at radius 2 is 1.94 bits per heavy atom. The first-order valence-corrected chi connectivity index (χ1v) is 6.88. The van der Waals surface area contributed by atoms with Gasteiger partial charge in [-0.15, -0.1) is 11.8 Å². The van der Waals surface area contributed by atoms with Gasteiger partial charge in [-0.25, -0.2) is 0 Å². The molecule has 0 N–H and O–H groups in total. The molecule has 0 aliphatic carbocycles. The molecule has 0 aliphatic rings. The Balaban J connectivity index is 2.60. The molecule has 1 rings (SSSR count). The number of unbranched alkanes of at least 4 members (excludes halogenated alkanes) is 3. The zero-order valence-corrected chi connectivity index (χ0v) is 10.9. The van der Waals surface area contributed by atoms with Crippen molar-refractivity contribution in [3.63, 3.8) is 0 Å². The summed E-state index contributed by atoms with van der Waals surface area (Å²) in [5.41, 5.74) is 1.00. The van der Waals surface area contributed by atoms with Crippen molar-refractivity contribution < 1.29 is 0 Å². The Labute approximate surface area is 107 Å². The van der Waals surface area contributed by atoms with Gasteiger partial charge in [0.25, 0.3) is 0 Å². The van der Waals surface area contributed by atoms with Gasteiger partial charge in [0.05, 0.1) is 11.1 Å². The van der Waals surface area contributed by atoms with E-state index in [1.807, 2.05) is 12.1 Å². The van der Waals surface area contributed by atoms with E-state index in [0.29, 0.717) is 11.1 Å². The number of nitriles is 2. The molecule has 1 aromatic carbocycles. The van der Waals surface area contributed by atoms with Crippen LogP contribution in [0.5, 0.6) is 0 Å². The third kappa shape index (κ3) is 4.13. The number of thioether (sulfide) groups is 1. The van der Waals surface area contributed by atoms with Crippen LogP contribution in [0.15, 0.2) is 23.1 Å². The first kappa shape index (κ1) is 13.6. The van der Waals surface area contributed by atoms with Crippen LogP contribution in [0, 0.1) is 22.7 Å². The highest BCUT2D eigenvalue weighted by Crippen LogP contribution is 2.25. The van der Waals surface area contributed by atoms with Crippen LogP contribution < -0.4 is 0 Å². The van der Waals surface area contributed by atoms with Crippen LogP contribution in [-0.4, -0.2) is 5.75 Å². The monoisotopic (exact) mass is 244 g/mol. The van der Waals surface area contributed by atoms with E-state index in [0.717, 1.165) is 10.6 Å². The van der Waals surface area contributed by atoms with Crippen LogP contribution in [0.2, 0.25) is 0 Å². The second-order valence-corrected chi connectivity index (χ2v) is 4.95. The predicted molar refractivity (Wildman–Crippen MR) is 70.7 cm³/mol. The van der Waals surface area contributed by atoms with Crippen LogP contribution in [0.3, 0.4) is 0 Å². The first-order valence-electron chi connectivity index (χ1n) is 5.89. The zero-order chi connectivity index (χ0) is 12.5. The number of hydrogen-bond donors (Lipinski definition) is 0. The molecule has 1 aromatic rings. The molecule has 0 saturated heterocycles. The average Bonchev–Trinajstić information content (AvgIpc) is 2.38. The third-order valence-corrected chi connectivity index (χ3v) is 3.66. The van der Waals surface area contributed by atoms with E-state index in [4.69, 9.17) is 10.5 Å². The summed E-state index contributed by atoms with van der Waals surface area (Å²) in [6.45, 7) is 2.19. The minimum absolute atomic E-state index is 0.478. The minimum Gasteiger partial charge on any atom is -0.192 e. The molecular formula is C14H16N2S. The molecule has 0 fully saturated rings. The maximum Gasteiger partial charge on any atom is 0.102 e. The van der Waals surface area contributed by atoms with Crippen molar-refractivity contribution in [2.45, 2.75) is 37.5 Å². The summed E-state index contributed by atoms with van der Waals surface area (Å²) in [6.07, 6.45) is 4.91. The van der Waals surface area contributed by atoms with E-state index in [-0.39, 0.29) is 0 Å². The minimum atomic E-state index is 0.478. The molecule has 0 amide bonds. The molecule has 0 bridgehead atoms. The molecule has 0 spiro atoms. The van der Waals surface area contributed by atoms with E-state index in [1.54, 1.807) is 17.8 Å². The molecule has 0 radical (unpaired) electrons. The lowest BCUT2D eigenvalue weighted by Gasteiger charge is -2.04. The van der Waals surface area contributed by atoms with Gasteiger partial charge < -0.3 is 0 Å². The summed E-state index contributed by atoms with van der Waals surface area (Å²) in [5.74, 6) is 1.02. The van der Waals surface area contributed by atoms with Crippen molar-refractivity contribution in [2.24, 2.45) is 0 Å². The van der Waals surface area contributed by atoms with E-state index in [1.165, 1.54) is 25.7 Å². The third-order valence-electron chi connectivity index (χ3n) is 2.51. The van der Waals surface area contributed by atoms with Gasteiger partial charge in [0.2, 0.25) is 0 Å². The van der Waals surface area contributed by atoms with Crippen molar-refractivity contribution in [1.29, 1.82) is 10.5 Å². The Bertz CT molecular complexity index is 441. The lowest BCUT2D eigenvalue weighted by molar-refractivity contribution is 0.706. The maximum absolute atomic E-state index is 9.06. The van der Waals surface area contributed by atoms with Gasteiger partial charge in [0.15, 0.2) is 0 Å². The van der Waals surface area contributed by atoms with E-state index in [9.17, 15) is 0 Å². The lowest BCUT2D eigenvalue weighted by atomic mass is 10.1. The zero-order valence-electron chi connectivity index (χ0n) is 10.1. The van der Waals surface area contributed by atoms with Gasteiger partial charge in [0, 0.05) is 4.90 Å². The Kier molecular flexibility index (Phi) is 6.22. The molecule has 17 heavy (non-hydrogen) atoms. The summed E-state index contributed by atoms with van der Waals surface area (Å²) in [7, 11) is 0. The van der Waals surface area contributed by atoms with Crippen molar-refractivity contribution >= 4 is 11.8 Å². The molecule has 2 nitrogen and oxygen atoms in total. The molecule has 0 saturated carbocycles. The largest absolute Gasteiger partial charge is 0.192 e. The van der Waals surface area contributed by atoms with Gasteiger partial charge in [-0.3, -0.25) is 0 Å². The van der Waals surface area contributed by atoms with Crippen LogP contribution >= 0.6 is 11.8 Å². The van der Waals surface area contributed by atoms with Crippen molar-refractivity contribution in [3.8, 4) is 12.1 Å². The second-order valence-electron chi connectivity index (χ2n) is 3.81. The van der Waals surface area contributed by atoms with E-state index in [2.05, 4.69) is 19.1 Å². The molecule has 88 valence electrons. The fourth-order valence-electron chi connectivity index (χ4n) is 1.57. The van der Waals surface area contributed by atoms with Gasteiger partial charge in [0.1, 0.15) is 12.1 Å². The van der Waals surface area contributed by atoms with Gasteiger partial charge in [-0.05, 0) is 24.3 Å². The smallest absolute Gasteiger partial charge is 0.102 e. The number of rotatable bonds is 6. The fourth-order valence-corrected chi connectivity index (χ4v) is 2.61. The molecule has 0 atom stereocenters. The van der Waals surface area contributed by atoms with Crippen molar-refractivity contribution in [1.82, 2.24) is 0 Å². The standard InChI is InChI=1S/C14H16N2S/c1-2-3-4-5-9-17-14-8-6-7-12(10-15)13(14)11-16/h6-8H,2-5,9H2,1H3. The Morgan fingerprint density at radius 3 is 2.59 bits per heavy atom. The SMILES string of the molecule is CCCCCCSc1cccc(C#N)c1C#N. The molecular weight excluding hydrogens is 228 g/mol. The summed E-state index contributed by atoms with van der Waals surface area (Å²) in [5, 5.41) is 18.0. The highest BCUT2D eigenvalue weighted by molar-refractivity contribution is 7.99. The molecule has 0 heterocycles. The fraction of sp³-hybridized carbons (Fsp3) is 0.429. The van der Waals surface area contributed by atoms with E-state index < -0.39 is 0 Å². The summed E-state index contributed by atoms with van der Waals surface area (Å²) in [4.78, 5) is 0.933. The summed E-state index contributed by atoms with van der Waals surface area (Å²) < 4.78 is 0. The molecule has 0 unspecified atom stereocenters. The van der Waals surface area contributed by atoms with Crippen molar-refractivity contribution in [2.75, 3.05) is 5.75 Å². The Morgan fingerprint density at radius 1 is 1.12 bits per heavy atom. The van der Waals surface area contributed by atoms with Crippen LogP contribution in [0.25, 0.3) is 0 Å². The van der Waals surface area contributed by atoms with Gasteiger partial charge in [-0.1, -0.05) is 32.3 Å². The predicted octanol–water partition coefficient (Wildman–Crippen LogP) is 4.10. The van der Waals surface area contributed by atoms with Crippen LogP contribution in [-0.2, 0) is 0 Å². The normalized spacial score (nSPS) is 9.59. The van der Waals surface area contributed by atoms with Gasteiger partial charge in [-0.2, -0.15) is 10.5 Å². The topological polar surface area (TPSA) is 47.6 Å². The van der Waals surface area contributed by atoms with Crippen LogP contribution in [0.4, 0.5) is 0 Å². The van der Waals surface area contributed by atoms with Crippen LogP contribution in [0.1, 0.15) is 43.7 Å². The van der Waals surface area contributed by atoms with Gasteiger partial charge >= 0.3 is 0 Å². The highest BCUT2D eigenvalue weighted by Gasteiger charge is 2.07. The lowest BCUT2D eigenvalue weighted by Crippen LogP contribution is -1.89. The highest BCUT2D eigenvalue weighted by atomic mass is 32.2. The maximum atomic E-state index is 9.06. The number of hydrogen-bond acceptors (Lipinski definition) is 3. The summed E-state index contributed by atoms with van der Waals surface area (Å²) >= 11 is 1.68. The number of benzene rings is 1. The quantitative estimate of drug-likeness (QED) is 0.559. The second kappa shape index (κ2) is 7.76. The molecule has 0 aliphatic heterocycles. The first-order chi connectivity index (χ1) is 8.33. The summed E-state index contributed by atoms with van der Waals surface area (Å²) in [6, 6.07) is 9.64. The Hall–Kier alpha value is -1.45. The molecule has 0 aromatic heterocycles. The van der Waals surface area contributed by atoms with Crippen molar-refractivity contribution in [3.05, 3.63) is 29.3 Å².